The van der Waals surface area contributed by atoms with Gasteiger partial charge in [0.25, 0.3) is 0 Å². The van der Waals surface area contributed by atoms with Crippen molar-refractivity contribution in [2.75, 3.05) is 6.26 Å². The summed E-state index contributed by atoms with van der Waals surface area (Å²) in [5, 5.41) is 0. The van der Waals surface area contributed by atoms with Crippen molar-refractivity contribution in [1.29, 1.82) is 0 Å². The van der Waals surface area contributed by atoms with Gasteiger partial charge in [-0.15, -0.1) is 0 Å². The van der Waals surface area contributed by atoms with E-state index in [1.807, 2.05) is 6.92 Å². The van der Waals surface area contributed by atoms with Crippen LogP contribution in [-0.4, -0.2) is 24.2 Å². The fourth-order valence-corrected chi connectivity index (χ4v) is 3.61. The SMILES string of the molecule is Cc1ccc(C)c(CC(Br)C(C)(C)S(C)(=O)=O)c1. The van der Waals surface area contributed by atoms with Crippen molar-refractivity contribution in [3.63, 3.8) is 0 Å². The lowest BCUT2D eigenvalue weighted by atomic mass is 9.97. The van der Waals surface area contributed by atoms with Gasteiger partial charge in [-0.1, -0.05) is 39.7 Å². The second-order valence-electron chi connectivity index (χ2n) is 5.48. The van der Waals surface area contributed by atoms with E-state index in [2.05, 4.69) is 41.1 Å². The summed E-state index contributed by atoms with van der Waals surface area (Å²) < 4.78 is 22.8. The Morgan fingerprint density at radius 2 is 1.83 bits per heavy atom. The summed E-state index contributed by atoms with van der Waals surface area (Å²) in [4.78, 5) is -0.0968. The van der Waals surface area contributed by atoms with Gasteiger partial charge in [-0.3, -0.25) is 0 Å². The van der Waals surface area contributed by atoms with Crippen molar-refractivity contribution in [3.8, 4) is 0 Å². The number of benzene rings is 1. The minimum Gasteiger partial charge on any atom is -0.229 e. The van der Waals surface area contributed by atoms with Gasteiger partial charge in [-0.05, 0) is 45.2 Å². The van der Waals surface area contributed by atoms with E-state index < -0.39 is 14.6 Å². The van der Waals surface area contributed by atoms with Gasteiger partial charge < -0.3 is 0 Å². The van der Waals surface area contributed by atoms with E-state index in [0.717, 1.165) is 0 Å². The predicted octanol–water partition coefficient (Wildman–Crippen LogP) is 3.43. The molecule has 0 N–H and O–H groups in total. The first-order valence-electron chi connectivity index (χ1n) is 5.95. The Balaban J connectivity index is 3.02. The van der Waals surface area contributed by atoms with E-state index in [4.69, 9.17) is 0 Å². The van der Waals surface area contributed by atoms with Crippen LogP contribution in [0, 0.1) is 13.8 Å². The van der Waals surface area contributed by atoms with Crippen LogP contribution in [0.3, 0.4) is 0 Å². The van der Waals surface area contributed by atoms with E-state index in [0.29, 0.717) is 6.42 Å². The Labute approximate surface area is 119 Å². The molecular weight excluding hydrogens is 312 g/mol. The first-order valence-corrected chi connectivity index (χ1v) is 8.76. The smallest absolute Gasteiger partial charge is 0.153 e. The average molecular weight is 333 g/mol. The van der Waals surface area contributed by atoms with Crippen LogP contribution in [-0.2, 0) is 16.3 Å². The molecule has 0 aliphatic heterocycles. The summed E-state index contributed by atoms with van der Waals surface area (Å²) in [5.41, 5.74) is 3.61. The molecule has 0 amide bonds. The summed E-state index contributed by atoms with van der Waals surface area (Å²) in [6.07, 6.45) is 2.01. The van der Waals surface area contributed by atoms with E-state index in [1.165, 1.54) is 22.9 Å². The Bertz CT molecular complexity index is 533. The van der Waals surface area contributed by atoms with Crippen molar-refractivity contribution in [2.45, 2.75) is 43.7 Å². The maximum absolute atomic E-state index is 11.8. The number of hydrogen-bond acceptors (Lipinski definition) is 2. The van der Waals surface area contributed by atoms with Crippen LogP contribution < -0.4 is 0 Å². The van der Waals surface area contributed by atoms with Gasteiger partial charge in [0.2, 0.25) is 0 Å². The largest absolute Gasteiger partial charge is 0.229 e. The summed E-state index contributed by atoms with van der Waals surface area (Å²) >= 11 is 3.55. The van der Waals surface area contributed by atoms with Crippen LogP contribution in [0.4, 0.5) is 0 Å². The molecule has 0 saturated carbocycles. The molecule has 0 aliphatic rings. The van der Waals surface area contributed by atoms with Crippen molar-refractivity contribution in [1.82, 2.24) is 0 Å². The third-order valence-corrected chi connectivity index (χ3v) is 7.58. The molecule has 0 saturated heterocycles. The zero-order valence-electron chi connectivity index (χ0n) is 11.6. The van der Waals surface area contributed by atoms with Crippen molar-refractivity contribution in [3.05, 3.63) is 34.9 Å². The first kappa shape index (κ1) is 15.7. The second-order valence-corrected chi connectivity index (χ2v) is 9.18. The quantitative estimate of drug-likeness (QED) is 0.791. The fourth-order valence-electron chi connectivity index (χ4n) is 1.69. The number of halogens is 1. The highest BCUT2D eigenvalue weighted by Gasteiger charge is 2.37. The van der Waals surface area contributed by atoms with Gasteiger partial charge in [0.1, 0.15) is 0 Å². The number of hydrogen-bond donors (Lipinski definition) is 0. The highest BCUT2D eigenvalue weighted by Crippen LogP contribution is 2.29. The van der Waals surface area contributed by atoms with Gasteiger partial charge >= 0.3 is 0 Å². The van der Waals surface area contributed by atoms with Crippen LogP contribution in [0.5, 0.6) is 0 Å². The van der Waals surface area contributed by atoms with Crippen molar-refractivity contribution >= 4 is 25.8 Å². The van der Waals surface area contributed by atoms with Crippen LogP contribution in [0.2, 0.25) is 0 Å². The molecule has 0 aliphatic carbocycles. The standard InChI is InChI=1S/C14H21BrO2S/c1-10-6-7-11(2)12(8-10)9-13(15)14(3,4)18(5,16)17/h6-8,13H,9H2,1-5H3. The lowest BCUT2D eigenvalue weighted by molar-refractivity contribution is 0.542. The summed E-state index contributed by atoms with van der Waals surface area (Å²) in [6, 6.07) is 6.28. The zero-order chi connectivity index (χ0) is 14.1. The van der Waals surface area contributed by atoms with Crippen molar-refractivity contribution in [2.24, 2.45) is 0 Å². The van der Waals surface area contributed by atoms with Crippen LogP contribution in [0.15, 0.2) is 18.2 Å². The Hall–Kier alpha value is -0.350. The molecule has 1 aromatic carbocycles. The Morgan fingerprint density at radius 3 is 2.33 bits per heavy atom. The third-order valence-electron chi connectivity index (χ3n) is 3.61. The topological polar surface area (TPSA) is 34.1 Å². The average Bonchev–Trinajstić information content (AvgIpc) is 2.21. The van der Waals surface area contributed by atoms with Crippen LogP contribution in [0.25, 0.3) is 0 Å². The van der Waals surface area contributed by atoms with E-state index >= 15 is 0 Å². The molecule has 0 heterocycles. The summed E-state index contributed by atoms with van der Waals surface area (Å²) in [5.74, 6) is 0. The molecule has 0 spiro atoms. The summed E-state index contributed by atoms with van der Waals surface area (Å²) in [6.45, 7) is 7.65. The molecule has 1 atom stereocenters. The molecule has 0 aromatic heterocycles. The molecule has 2 nitrogen and oxygen atoms in total. The monoisotopic (exact) mass is 332 g/mol. The molecular formula is C14H21BrO2S. The lowest BCUT2D eigenvalue weighted by Gasteiger charge is -2.29. The maximum Gasteiger partial charge on any atom is 0.153 e. The van der Waals surface area contributed by atoms with Gasteiger partial charge in [-0.25, -0.2) is 8.42 Å². The van der Waals surface area contributed by atoms with E-state index in [1.54, 1.807) is 13.8 Å². The first-order chi connectivity index (χ1) is 8.05. The van der Waals surface area contributed by atoms with Crippen LogP contribution in [0.1, 0.15) is 30.5 Å². The van der Waals surface area contributed by atoms with Crippen LogP contribution >= 0.6 is 15.9 Å². The minimum atomic E-state index is -3.09. The highest BCUT2D eigenvalue weighted by molar-refractivity contribution is 9.09. The lowest BCUT2D eigenvalue weighted by Crippen LogP contribution is -2.41. The highest BCUT2D eigenvalue weighted by atomic mass is 79.9. The number of sulfone groups is 1. The number of aryl methyl sites for hydroxylation is 2. The van der Waals surface area contributed by atoms with E-state index in [9.17, 15) is 8.42 Å². The predicted molar refractivity (Wildman–Crippen MR) is 81.3 cm³/mol. The molecule has 0 radical (unpaired) electrons. The normalized spacial score (nSPS) is 14.6. The molecule has 1 rings (SSSR count). The number of rotatable bonds is 4. The third kappa shape index (κ3) is 3.35. The fraction of sp³-hybridized carbons (Fsp3) is 0.571. The molecule has 1 aromatic rings. The molecule has 0 bridgehead atoms. The summed E-state index contributed by atoms with van der Waals surface area (Å²) in [7, 11) is -3.09. The van der Waals surface area contributed by atoms with Gasteiger partial charge in [0.05, 0.1) is 4.75 Å². The Morgan fingerprint density at radius 1 is 1.28 bits per heavy atom. The molecule has 0 fully saturated rings. The maximum atomic E-state index is 11.8. The van der Waals surface area contributed by atoms with Gasteiger partial charge in [0, 0.05) is 11.1 Å². The van der Waals surface area contributed by atoms with Crippen molar-refractivity contribution < 1.29 is 8.42 Å². The minimum absolute atomic E-state index is 0.0968. The second kappa shape index (κ2) is 5.33. The van der Waals surface area contributed by atoms with Gasteiger partial charge in [-0.2, -0.15) is 0 Å². The van der Waals surface area contributed by atoms with E-state index in [-0.39, 0.29) is 4.83 Å². The van der Waals surface area contributed by atoms with Gasteiger partial charge in [0.15, 0.2) is 9.84 Å². The number of alkyl halides is 1. The molecule has 4 heteroatoms. The molecule has 18 heavy (non-hydrogen) atoms. The Kier molecular flexibility index (Phi) is 4.65. The molecule has 102 valence electrons. The zero-order valence-corrected chi connectivity index (χ0v) is 14.0. The molecule has 1 unspecified atom stereocenters.